The lowest BCUT2D eigenvalue weighted by atomic mass is 10.1. The topological polar surface area (TPSA) is 66.9 Å². The summed E-state index contributed by atoms with van der Waals surface area (Å²) in [5.41, 5.74) is 3.79. The fourth-order valence-corrected chi connectivity index (χ4v) is 3.04. The zero-order valence-electron chi connectivity index (χ0n) is 16.2. The van der Waals surface area contributed by atoms with Crippen LogP contribution in [0.25, 0.3) is 0 Å². The first-order valence-corrected chi connectivity index (χ1v) is 9.13. The summed E-state index contributed by atoms with van der Waals surface area (Å²) in [6, 6.07) is 14.1. The second kappa shape index (κ2) is 8.61. The van der Waals surface area contributed by atoms with Gasteiger partial charge in [0.2, 0.25) is 0 Å². The van der Waals surface area contributed by atoms with Gasteiger partial charge < -0.3 is 10.6 Å². The molecule has 0 spiro atoms. The predicted octanol–water partition coefficient (Wildman–Crippen LogP) is 4.45. The Balaban J connectivity index is 1.68. The molecule has 0 fully saturated rings. The molecule has 0 saturated carbocycles. The van der Waals surface area contributed by atoms with Crippen LogP contribution in [0, 0.1) is 26.6 Å². The lowest BCUT2D eigenvalue weighted by Crippen LogP contribution is -2.16. The van der Waals surface area contributed by atoms with Crippen LogP contribution in [0.2, 0.25) is 0 Å². The summed E-state index contributed by atoms with van der Waals surface area (Å²) < 4.78 is 13.7. The van der Waals surface area contributed by atoms with E-state index in [-0.39, 0.29) is 17.4 Å². The SMILES string of the molecule is Cc1cc(C)cc(NC(=O)c2cc(NCCc3ccccc3F)nc(C)n2)c1. The van der Waals surface area contributed by atoms with E-state index in [2.05, 4.69) is 20.6 Å². The van der Waals surface area contributed by atoms with Gasteiger partial charge in [-0.1, -0.05) is 24.3 Å². The number of amides is 1. The molecule has 3 rings (SSSR count). The van der Waals surface area contributed by atoms with Gasteiger partial charge in [-0.2, -0.15) is 0 Å². The standard InChI is InChI=1S/C22H23FN4O/c1-14-10-15(2)12-18(11-14)27-22(28)20-13-21(26-16(3)25-20)24-9-8-17-6-4-5-7-19(17)23/h4-7,10-13H,8-9H2,1-3H3,(H,27,28)(H,24,25,26). The number of rotatable bonds is 6. The van der Waals surface area contributed by atoms with E-state index in [1.165, 1.54) is 6.07 Å². The van der Waals surface area contributed by atoms with Crippen LogP contribution in [0.4, 0.5) is 15.9 Å². The molecule has 0 unspecified atom stereocenters. The molecule has 0 aliphatic carbocycles. The molecule has 3 aromatic rings. The summed E-state index contributed by atoms with van der Waals surface area (Å²) in [6.07, 6.45) is 0.514. The highest BCUT2D eigenvalue weighted by molar-refractivity contribution is 6.03. The maximum atomic E-state index is 13.7. The number of carbonyl (C=O) groups is 1. The number of anilines is 2. The zero-order valence-corrected chi connectivity index (χ0v) is 16.2. The van der Waals surface area contributed by atoms with Crippen LogP contribution >= 0.6 is 0 Å². The Morgan fingerprint density at radius 2 is 1.71 bits per heavy atom. The second-order valence-electron chi connectivity index (χ2n) is 6.78. The van der Waals surface area contributed by atoms with Crippen molar-refractivity contribution >= 4 is 17.4 Å². The number of carbonyl (C=O) groups excluding carboxylic acids is 1. The number of nitrogens with one attached hydrogen (secondary N) is 2. The van der Waals surface area contributed by atoms with Crippen molar-refractivity contribution in [2.45, 2.75) is 27.2 Å². The van der Waals surface area contributed by atoms with Gasteiger partial charge in [0.25, 0.3) is 5.91 Å². The Morgan fingerprint density at radius 1 is 1.00 bits per heavy atom. The Hall–Kier alpha value is -3.28. The highest BCUT2D eigenvalue weighted by atomic mass is 19.1. The average molecular weight is 378 g/mol. The van der Waals surface area contributed by atoms with Gasteiger partial charge >= 0.3 is 0 Å². The van der Waals surface area contributed by atoms with Crippen molar-refractivity contribution in [2.24, 2.45) is 0 Å². The van der Waals surface area contributed by atoms with Gasteiger partial charge in [0, 0.05) is 18.3 Å². The summed E-state index contributed by atoms with van der Waals surface area (Å²) in [7, 11) is 0. The highest BCUT2D eigenvalue weighted by Crippen LogP contribution is 2.16. The average Bonchev–Trinajstić information content (AvgIpc) is 2.62. The van der Waals surface area contributed by atoms with E-state index in [1.54, 1.807) is 25.1 Å². The van der Waals surface area contributed by atoms with Crippen LogP contribution in [-0.2, 0) is 6.42 Å². The Bertz CT molecular complexity index is 983. The van der Waals surface area contributed by atoms with E-state index < -0.39 is 0 Å². The third kappa shape index (κ3) is 5.13. The fourth-order valence-electron chi connectivity index (χ4n) is 3.04. The molecule has 6 heteroatoms. The largest absolute Gasteiger partial charge is 0.370 e. The number of benzene rings is 2. The molecule has 0 aliphatic rings. The summed E-state index contributed by atoms with van der Waals surface area (Å²) in [5, 5.41) is 6.02. The monoisotopic (exact) mass is 378 g/mol. The number of nitrogens with zero attached hydrogens (tertiary/aromatic N) is 2. The van der Waals surface area contributed by atoms with Crippen molar-refractivity contribution in [3.8, 4) is 0 Å². The van der Waals surface area contributed by atoms with Crippen molar-refractivity contribution in [3.63, 3.8) is 0 Å². The molecule has 2 aromatic carbocycles. The first-order valence-electron chi connectivity index (χ1n) is 9.13. The maximum Gasteiger partial charge on any atom is 0.274 e. The normalized spacial score (nSPS) is 10.6. The molecule has 2 N–H and O–H groups in total. The van der Waals surface area contributed by atoms with Gasteiger partial charge in [-0.3, -0.25) is 4.79 Å². The molecule has 0 aliphatic heterocycles. The first kappa shape index (κ1) is 19.5. The summed E-state index contributed by atoms with van der Waals surface area (Å²) in [4.78, 5) is 21.1. The van der Waals surface area contributed by atoms with E-state index in [9.17, 15) is 9.18 Å². The van der Waals surface area contributed by atoms with Crippen LogP contribution in [-0.4, -0.2) is 22.4 Å². The minimum atomic E-state index is -0.298. The summed E-state index contributed by atoms with van der Waals surface area (Å²) >= 11 is 0. The fraction of sp³-hybridized carbons (Fsp3) is 0.227. The molecule has 28 heavy (non-hydrogen) atoms. The van der Waals surface area contributed by atoms with Gasteiger partial charge in [-0.25, -0.2) is 14.4 Å². The van der Waals surface area contributed by atoms with Crippen molar-refractivity contribution < 1.29 is 9.18 Å². The minimum absolute atomic E-state index is 0.225. The quantitative estimate of drug-likeness (QED) is 0.665. The van der Waals surface area contributed by atoms with Crippen molar-refractivity contribution in [3.05, 3.63) is 82.6 Å². The smallest absolute Gasteiger partial charge is 0.274 e. The van der Waals surface area contributed by atoms with E-state index in [0.29, 0.717) is 30.2 Å². The maximum absolute atomic E-state index is 13.7. The van der Waals surface area contributed by atoms with Gasteiger partial charge in [-0.15, -0.1) is 0 Å². The second-order valence-corrected chi connectivity index (χ2v) is 6.78. The van der Waals surface area contributed by atoms with Crippen LogP contribution in [0.5, 0.6) is 0 Å². The number of aromatic nitrogens is 2. The first-order chi connectivity index (χ1) is 13.4. The number of halogens is 1. The van der Waals surface area contributed by atoms with Crippen LogP contribution in [0.1, 0.15) is 33.0 Å². The number of hydrogen-bond donors (Lipinski definition) is 2. The minimum Gasteiger partial charge on any atom is -0.370 e. The van der Waals surface area contributed by atoms with Crippen LogP contribution in [0.15, 0.2) is 48.5 Å². The van der Waals surface area contributed by atoms with E-state index in [0.717, 1.165) is 16.8 Å². The number of aryl methyl sites for hydroxylation is 3. The molecule has 0 radical (unpaired) electrons. The molecule has 5 nitrogen and oxygen atoms in total. The molecular formula is C22H23FN4O. The molecule has 1 amide bonds. The molecule has 0 atom stereocenters. The Labute approximate surface area is 164 Å². The van der Waals surface area contributed by atoms with Gasteiger partial charge in [0.05, 0.1) is 0 Å². The Kier molecular flexibility index (Phi) is 5.99. The molecular weight excluding hydrogens is 355 g/mol. The third-order valence-corrected chi connectivity index (χ3v) is 4.21. The summed E-state index contributed by atoms with van der Waals surface area (Å²) in [5.74, 6) is 0.500. The molecule has 1 heterocycles. The van der Waals surface area contributed by atoms with E-state index in [4.69, 9.17) is 0 Å². The number of hydrogen-bond acceptors (Lipinski definition) is 4. The predicted molar refractivity (Wildman–Crippen MR) is 109 cm³/mol. The molecule has 0 saturated heterocycles. The molecule has 0 bridgehead atoms. The molecule has 1 aromatic heterocycles. The van der Waals surface area contributed by atoms with Crippen LogP contribution in [0.3, 0.4) is 0 Å². The van der Waals surface area contributed by atoms with Crippen molar-refractivity contribution in [1.82, 2.24) is 9.97 Å². The molecule has 144 valence electrons. The third-order valence-electron chi connectivity index (χ3n) is 4.21. The van der Waals surface area contributed by atoms with E-state index in [1.807, 2.05) is 38.1 Å². The van der Waals surface area contributed by atoms with Crippen molar-refractivity contribution in [2.75, 3.05) is 17.2 Å². The van der Waals surface area contributed by atoms with Gasteiger partial charge in [-0.05, 0) is 62.1 Å². The lowest BCUT2D eigenvalue weighted by Gasteiger charge is -2.10. The van der Waals surface area contributed by atoms with Crippen LogP contribution < -0.4 is 10.6 Å². The van der Waals surface area contributed by atoms with Gasteiger partial charge in [0.15, 0.2) is 0 Å². The summed E-state index contributed by atoms with van der Waals surface area (Å²) in [6.45, 7) is 6.19. The Morgan fingerprint density at radius 3 is 2.43 bits per heavy atom. The van der Waals surface area contributed by atoms with Gasteiger partial charge in [0.1, 0.15) is 23.2 Å². The van der Waals surface area contributed by atoms with E-state index >= 15 is 0 Å². The lowest BCUT2D eigenvalue weighted by molar-refractivity contribution is 0.102. The highest BCUT2D eigenvalue weighted by Gasteiger charge is 2.11. The zero-order chi connectivity index (χ0) is 20.1. The van der Waals surface area contributed by atoms with Crippen molar-refractivity contribution in [1.29, 1.82) is 0 Å².